The number of benzene rings is 1. The number of aromatic hydroxyl groups is 1. The van der Waals surface area contributed by atoms with Gasteiger partial charge < -0.3 is 9.84 Å². The number of unbranched alkanes of at least 4 members (excludes halogenated alkanes) is 1. The molecule has 238 valence electrons. The Balaban J connectivity index is 1.92. The van der Waals surface area contributed by atoms with E-state index >= 15 is 0 Å². The first-order valence-electron chi connectivity index (χ1n) is 12.1. The summed E-state index contributed by atoms with van der Waals surface area (Å²) in [6.45, 7) is 2.93. The van der Waals surface area contributed by atoms with Crippen LogP contribution in [0.5, 0.6) is 11.5 Å². The molecule has 42 heavy (non-hydrogen) atoms. The largest absolute Gasteiger partial charge is 0.505 e. The number of halogens is 13. The van der Waals surface area contributed by atoms with Gasteiger partial charge in [0.05, 0.1) is 19.0 Å². The molecule has 0 aliphatic carbocycles. The van der Waals surface area contributed by atoms with Gasteiger partial charge in [0.2, 0.25) is 0 Å². The highest BCUT2D eigenvalue weighted by atomic mass is 28.3. The van der Waals surface area contributed by atoms with Gasteiger partial charge in [0.1, 0.15) is 5.75 Å². The van der Waals surface area contributed by atoms with Crippen LogP contribution < -0.4 is 4.74 Å². The minimum Gasteiger partial charge on any atom is -0.505 e. The van der Waals surface area contributed by atoms with Crippen LogP contribution in [0, 0.1) is 0 Å². The molecule has 0 unspecified atom stereocenters. The van der Waals surface area contributed by atoms with Crippen LogP contribution in [-0.2, 0) is 0 Å². The van der Waals surface area contributed by atoms with E-state index in [1.54, 1.807) is 24.3 Å². The molecule has 1 N–H and O–H groups in total. The van der Waals surface area contributed by atoms with Crippen LogP contribution in [0.2, 0.25) is 25.2 Å². The third kappa shape index (κ3) is 7.22. The summed E-state index contributed by atoms with van der Waals surface area (Å²) < 4.78 is 178. The van der Waals surface area contributed by atoms with E-state index in [-0.39, 0.29) is 18.4 Å². The normalized spacial score (nSPS) is 14.3. The molecule has 0 bridgehead atoms. The summed E-state index contributed by atoms with van der Waals surface area (Å²) in [5.74, 6) is -36.0. The van der Waals surface area contributed by atoms with E-state index in [9.17, 15) is 62.2 Å². The van der Waals surface area contributed by atoms with E-state index < -0.39 is 56.3 Å². The topological polar surface area (TPSA) is 55.2 Å². The summed E-state index contributed by atoms with van der Waals surface area (Å²) in [5, 5.41) is 9.23. The second-order valence-corrected chi connectivity index (χ2v) is 15.6. The van der Waals surface area contributed by atoms with Crippen molar-refractivity contribution in [1.29, 1.82) is 0 Å². The molecule has 4 nitrogen and oxygen atoms in total. The third-order valence-electron chi connectivity index (χ3n) is 6.38. The minimum atomic E-state index is -7.88. The van der Waals surface area contributed by atoms with Gasteiger partial charge in [0.15, 0.2) is 11.6 Å². The molecule has 1 aromatic heterocycles. The first kappa shape index (κ1) is 35.4. The van der Waals surface area contributed by atoms with E-state index in [0.29, 0.717) is 30.0 Å². The first-order chi connectivity index (χ1) is 18.9. The van der Waals surface area contributed by atoms with Crippen molar-refractivity contribution < 1.29 is 66.9 Å². The molecular weight excluding hydrogens is 623 g/mol. The Morgan fingerprint density at radius 1 is 0.690 bits per heavy atom. The lowest BCUT2D eigenvalue weighted by Crippen LogP contribution is -2.70. The number of hydrogen-bond acceptors (Lipinski definition) is 4. The Morgan fingerprint density at radius 2 is 1.19 bits per heavy atom. The molecule has 1 aromatic carbocycles. The van der Waals surface area contributed by atoms with Crippen molar-refractivity contribution in [3.8, 4) is 22.9 Å². The van der Waals surface area contributed by atoms with Crippen molar-refractivity contribution in [2.24, 2.45) is 0 Å². The van der Waals surface area contributed by atoms with Crippen LogP contribution in [0.4, 0.5) is 57.1 Å². The summed E-state index contributed by atoms with van der Waals surface area (Å²) in [4.78, 5) is 7.89. The minimum absolute atomic E-state index is 0.116. The Morgan fingerprint density at radius 3 is 1.69 bits per heavy atom. The molecule has 18 heteroatoms. The fourth-order valence-electron chi connectivity index (χ4n) is 3.65. The van der Waals surface area contributed by atoms with Crippen LogP contribution in [0.25, 0.3) is 11.4 Å². The molecule has 2 aromatic rings. The van der Waals surface area contributed by atoms with Crippen LogP contribution in [0.15, 0.2) is 36.7 Å². The predicted octanol–water partition coefficient (Wildman–Crippen LogP) is 8.85. The lowest BCUT2D eigenvalue weighted by molar-refractivity contribution is -0.439. The first-order valence-corrected chi connectivity index (χ1v) is 15.5. The maximum atomic E-state index is 14.1. The zero-order chi connectivity index (χ0) is 32.4. The maximum absolute atomic E-state index is 14.1. The summed E-state index contributed by atoms with van der Waals surface area (Å²) in [7, 11) is -2.90. The Bertz CT molecular complexity index is 1170. The van der Waals surface area contributed by atoms with Gasteiger partial charge in [-0.25, -0.2) is 9.97 Å². The van der Waals surface area contributed by atoms with Crippen molar-refractivity contribution in [3.63, 3.8) is 0 Å². The van der Waals surface area contributed by atoms with Crippen LogP contribution in [0.1, 0.15) is 19.3 Å². The van der Waals surface area contributed by atoms with Gasteiger partial charge in [-0.15, -0.1) is 0 Å². The van der Waals surface area contributed by atoms with Gasteiger partial charge >= 0.3 is 35.8 Å². The molecular formula is C24H25F13N2O2Si. The van der Waals surface area contributed by atoms with Crippen molar-refractivity contribution in [1.82, 2.24) is 9.97 Å². The second kappa shape index (κ2) is 12.1. The molecule has 0 saturated carbocycles. The quantitative estimate of drug-likeness (QED) is 0.126. The third-order valence-corrected chi connectivity index (χ3v) is 9.69. The molecule has 2 rings (SSSR count). The SMILES string of the molecule is C[Si](C)(CCCCOc1ccc(-c2ncc(O)cn2)cc1)CCC(F)(F)C(F)(F)C(F)(F)C(F)(F)C(F)(F)C(F)(F)F. The molecule has 0 saturated heterocycles. The predicted molar refractivity (Wildman–Crippen MR) is 126 cm³/mol. The van der Waals surface area contributed by atoms with Crippen LogP contribution in [-0.4, -0.2) is 65.5 Å². The van der Waals surface area contributed by atoms with Crippen molar-refractivity contribution in [2.75, 3.05) is 6.61 Å². The molecule has 0 fully saturated rings. The number of ether oxygens (including phenoxy) is 1. The Hall–Kier alpha value is -2.79. The van der Waals surface area contributed by atoms with Crippen molar-refractivity contribution in [3.05, 3.63) is 36.7 Å². The molecule has 0 aliphatic rings. The van der Waals surface area contributed by atoms with E-state index in [4.69, 9.17) is 4.74 Å². The van der Waals surface area contributed by atoms with E-state index in [1.807, 2.05) is 0 Å². The molecule has 0 aliphatic heterocycles. The number of rotatable bonds is 14. The van der Waals surface area contributed by atoms with Crippen molar-refractivity contribution >= 4 is 8.07 Å². The fraction of sp³-hybridized carbons (Fsp3) is 0.583. The number of aromatic nitrogens is 2. The van der Waals surface area contributed by atoms with Gasteiger partial charge in [-0.05, 0) is 30.7 Å². The van der Waals surface area contributed by atoms with Crippen LogP contribution in [0.3, 0.4) is 0 Å². The summed E-state index contributed by atoms with van der Waals surface area (Å²) in [6, 6.07) is 5.77. The fourth-order valence-corrected chi connectivity index (χ4v) is 6.09. The molecule has 1 heterocycles. The summed E-state index contributed by atoms with van der Waals surface area (Å²) in [6.07, 6.45) is -6.52. The van der Waals surface area contributed by atoms with Gasteiger partial charge in [-0.2, -0.15) is 57.1 Å². The monoisotopic (exact) mass is 648 g/mol. The number of nitrogens with zero attached hydrogens (tertiary/aromatic N) is 2. The van der Waals surface area contributed by atoms with Crippen molar-refractivity contribution in [2.45, 2.75) is 80.2 Å². The lowest BCUT2D eigenvalue weighted by atomic mass is 9.93. The Kier molecular flexibility index (Phi) is 10.2. The highest BCUT2D eigenvalue weighted by Crippen LogP contribution is 2.61. The molecule has 0 spiro atoms. The summed E-state index contributed by atoms with van der Waals surface area (Å²) in [5.41, 5.74) is 0.619. The van der Waals surface area contributed by atoms with Crippen LogP contribution >= 0.6 is 0 Å². The zero-order valence-corrected chi connectivity index (χ0v) is 22.9. The standard InChI is InChI=1S/C24H25F13N2O2Si/c1-42(2,11-4-3-10-41-17-7-5-15(6-8-17)18-38-13-16(40)14-39-18)12-9-19(25,26)20(27,28)21(29,30)22(31,32)23(33,34)24(35,36)37/h5-8,13-14,40H,3-4,9-12H2,1-2H3. The highest BCUT2D eigenvalue weighted by Gasteiger charge is 2.90. The highest BCUT2D eigenvalue weighted by molar-refractivity contribution is 6.77. The van der Waals surface area contributed by atoms with Gasteiger partial charge in [0, 0.05) is 20.1 Å². The number of alkyl halides is 13. The van der Waals surface area contributed by atoms with E-state index in [1.165, 1.54) is 25.5 Å². The van der Waals surface area contributed by atoms with E-state index in [2.05, 4.69) is 9.97 Å². The average molecular weight is 649 g/mol. The number of hydrogen-bond donors (Lipinski definition) is 1. The smallest absolute Gasteiger partial charge is 0.460 e. The average Bonchev–Trinajstić information content (AvgIpc) is 2.87. The van der Waals surface area contributed by atoms with E-state index in [0.717, 1.165) is 0 Å². The second-order valence-electron chi connectivity index (χ2n) is 10.3. The van der Waals surface area contributed by atoms with Gasteiger partial charge in [-0.3, -0.25) is 0 Å². The molecule has 0 atom stereocenters. The molecule has 0 radical (unpaired) electrons. The lowest BCUT2D eigenvalue weighted by Gasteiger charge is -2.40. The van der Waals surface area contributed by atoms with Gasteiger partial charge in [0.25, 0.3) is 0 Å². The Labute approximate surface area is 231 Å². The molecule has 0 amide bonds. The maximum Gasteiger partial charge on any atom is 0.460 e. The summed E-state index contributed by atoms with van der Waals surface area (Å²) >= 11 is 0. The van der Waals surface area contributed by atoms with Gasteiger partial charge in [-0.1, -0.05) is 31.6 Å². The zero-order valence-electron chi connectivity index (χ0n) is 21.9.